The zero-order valence-electron chi connectivity index (χ0n) is 14.2. The van der Waals surface area contributed by atoms with Gasteiger partial charge in [-0.2, -0.15) is 0 Å². The fraction of sp³-hybridized carbons (Fsp3) is 0.316. The number of aromatic nitrogens is 3. The lowest BCUT2D eigenvalue weighted by atomic mass is 9.98. The van der Waals surface area contributed by atoms with Gasteiger partial charge in [0.15, 0.2) is 0 Å². The van der Waals surface area contributed by atoms with Gasteiger partial charge in [-0.3, -0.25) is 14.0 Å². The third-order valence-corrected chi connectivity index (χ3v) is 4.89. The Balaban J connectivity index is 1.64. The molecule has 7 heteroatoms. The smallest absolute Gasteiger partial charge is 0.259 e. The lowest BCUT2D eigenvalue weighted by Gasteiger charge is -2.36. The normalized spacial score (nSPS) is 17.6. The van der Waals surface area contributed by atoms with Gasteiger partial charge in [-0.05, 0) is 30.9 Å². The summed E-state index contributed by atoms with van der Waals surface area (Å²) in [5.41, 5.74) is 0.882. The number of piperidine rings is 1. The summed E-state index contributed by atoms with van der Waals surface area (Å²) in [4.78, 5) is 34.2. The average Bonchev–Trinajstić information content (AvgIpc) is 3.13. The third kappa shape index (κ3) is 3.00. The van der Waals surface area contributed by atoms with Gasteiger partial charge in [-0.1, -0.05) is 18.2 Å². The molecule has 0 saturated carbocycles. The van der Waals surface area contributed by atoms with E-state index in [1.807, 2.05) is 0 Å². The van der Waals surface area contributed by atoms with Crippen molar-refractivity contribution < 1.29 is 9.18 Å². The molecule has 4 rings (SSSR count). The number of nitrogens with one attached hydrogen (secondary N) is 1. The number of halogens is 1. The van der Waals surface area contributed by atoms with Gasteiger partial charge in [0.25, 0.3) is 5.56 Å². The van der Waals surface area contributed by atoms with E-state index in [-0.39, 0.29) is 29.7 Å². The summed E-state index contributed by atoms with van der Waals surface area (Å²) in [6, 6.07) is 7.62. The third-order valence-electron chi connectivity index (χ3n) is 4.89. The van der Waals surface area contributed by atoms with Crippen molar-refractivity contribution >= 4 is 11.7 Å². The molecule has 1 amide bonds. The molecule has 1 saturated heterocycles. The first-order valence-electron chi connectivity index (χ1n) is 8.72. The summed E-state index contributed by atoms with van der Waals surface area (Å²) in [5.74, 6) is -0.0509. The Morgan fingerprint density at radius 3 is 3.00 bits per heavy atom. The topological polar surface area (TPSA) is 70.5 Å². The van der Waals surface area contributed by atoms with E-state index in [4.69, 9.17) is 0 Å². The first kappa shape index (κ1) is 16.5. The molecular weight excluding hydrogens is 335 g/mol. The molecule has 1 aromatic carbocycles. The molecule has 0 unspecified atom stereocenters. The maximum Gasteiger partial charge on any atom is 0.259 e. The fourth-order valence-corrected chi connectivity index (χ4v) is 3.58. The zero-order valence-corrected chi connectivity index (χ0v) is 14.2. The monoisotopic (exact) mass is 354 g/mol. The first-order valence-corrected chi connectivity index (χ1v) is 8.72. The number of H-pyrrole nitrogens is 1. The van der Waals surface area contributed by atoms with E-state index in [1.54, 1.807) is 35.5 Å². The van der Waals surface area contributed by atoms with Crippen LogP contribution in [0.2, 0.25) is 0 Å². The van der Waals surface area contributed by atoms with Crippen LogP contribution in [0.1, 0.15) is 36.6 Å². The van der Waals surface area contributed by atoms with Gasteiger partial charge in [0.2, 0.25) is 11.7 Å². The Labute approximate surface area is 149 Å². The Kier molecular flexibility index (Phi) is 4.28. The van der Waals surface area contributed by atoms with Crippen molar-refractivity contribution in [1.29, 1.82) is 0 Å². The van der Waals surface area contributed by atoms with E-state index in [0.717, 1.165) is 19.3 Å². The van der Waals surface area contributed by atoms with Gasteiger partial charge in [0.1, 0.15) is 5.82 Å². The molecular formula is C19H19FN4O2. The molecule has 3 aromatic rings. The number of rotatable bonds is 3. The van der Waals surface area contributed by atoms with E-state index in [1.165, 1.54) is 16.5 Å². The number of hydrogen-bond donors (Lipinski definition) is 1. The molecule has 1 atom stereocenters. The molecule has 3 heterocycles. The second-order valence-electron chi connectivity index (χ2n) is 6.55. The molecule has 0 aliphatic carbocycles. The highest BCUT2D eigenvalue weighted by molar-refractivity contribution is 5.79. The summed E-state index contributed by atoms with van der Waals surface area (Å²) < 4.78 is 15.3. The predicted octanol–water partition coefficient (Wildman–Crippen LogP) is 2.46. The van der Waals surface area contributed by atoms with Crippen molar-refractivity contribution in [2.24, 2.45) is 0 Å². The predicted molar refractivity (Wildman–Crippen MR) is 94.2 cm³/mol. The van der Waals surface area contributed by atoms with E-state index in [2.05, 4.69) is 9.97 Å². The van der Waals surface area contributed by atoms with Gasteiger partial charge in [-0.15, -0.1) is 0 Å². The Bertz CT molecular complexity index is 1010. The second kappa shape index (κ2) is 6.74. The maximum absolute atomic E-state index is 13.9. The number of aromatic amines is 1. The van der Waals surface area contributed by atoms with Gasteiger partial charge >= 0.3 is 0 Å². The van der Waals surface area contributed by atoms with Crippen LogP contribution in [0.5, 0.6) is 0 Å². The summed E-state index contributed by atoms with van der Waals surface area (Å²) in [7, 11) is 0. The quantitative estimate of drug-likeness (QED) is 0.785. The molecule has 1 N–H and O–H groups in total. The number of amides is 1. The zero-order chi connectivity index (χ0) is 18.1. The van der Waals surface area contributed by atoms with Crippen molar-refractivity contribution in [3.05, 3.63) is 70.2 Å². The van der Waals surface area contributed by atoms with Gasteiger partial charge in [0, 0.05) is 30.7 Å². The van der Waals surface area contributed by atoms with Crippen molar-refractivity contribution in [2.45, 2.75) is 31.7 Å². The summed E-state index contributed by atoms with van der Waals surface area (Å²) >= 11 is 0. The summed E-state index contributed by atoms with van der Waals surface area (Å²) in [6.07, 6.45) is 5.79. The van der Waals surface area contributed by atoms with Gasteiger partial charge < -0.3 is 9.88 Å². The average molecular weight is 354 g/mol. The standard InChI is InChI=1S/C19H19FN4O2/c20-14-6-2-1-5-13(14)11-17(25)23-9-4-3-7-16(23)15-12-18(26)24-10-8-21-19(24)22-15/h1-2,5-6,8,10,12,16H,3-4,7,9,11H2,(H,21,22)/t16-/m1/s1. The molecule has 0 spiro atoms. The number of carbonyl (C=O) groups is 1. The van der Waals surface area contributed by atoms with E-state index in [0.29, 0.717) is 23.6 Å². The highest BCUT2D eigenvalue weighted by Crippen LogP contribution is 2.30. The van der Waals surface area contributed by atoms with Crippen LogP contribution in [0, 0.1) is 5.82 Å². The van der Waals surface area contributed by atoms with Crippen LogP contribution in [0.3, 0.4) is 0 Å². The molecule has 0 bridgehead atoms. The lowest BCUT2D eigenvalue weighted by molar-refractivity contribution is -0.134. The van der Waals surface area contributed by atoms with Crippen LogP contribution in [0.15, 0.2) is 47.5 Å². The highest BCUT2D eigenvalue weighted by atomic mass is 19.1. The van der Waals surface area contributed by atoms with Crippen LogP contribution in [0.4, 0.5) is 4.39 Å². The summed E-state index contributed by atoms with van der Waals surface area (Å²) in [5, 5.41) is 0. The van der Waals surface area contributed by atoms with Crippen molar-refractivity contribution in [3.63, 3.8) is 0 Å². The van der Waals surface area contributed by atoms with Crippen LogP contribution < -0.4 is 5.56 Å². The van der Waals surface area contributed by atoms with Crippen LogP contribution in [-0.2, 0) is 11.2 Å². The van der Waals surface area contributed by atoms with Crippen molar-refractivity contribution in [1.82, 2.24) is 19.3 Å². The minimum absolute atomic E-state index is 0.0129. The van der Waals surface area contributed by atoms with Crippen LogP contribution in [0.25, 0.3) is 5.78 Å². The molecule has 26 heavy (non-hydrogen) atoms. The molecule has 6 nitrogen and oxygen atoms in total. The maximum atomic E-state index is 13.9. The molecule has 0 radical (unpaired) electrons. The Hall–Kier alpha value is -2.96. The largest absolute Gasteiger partial charge is 0.334 e. The Morgan fingerprint density at radius 2 is 2.15 bits per heavy atom. The lowest BCUT2D eigenvalue weighted by Crippen LogP contribution is -2.40. The van der Waals surface area contributed by atoms with E-state index >= 15 is 0 Å². The number of fused-ring (bicyclic) bond motifs is 1. The highest BCUT2D eigenvalue weighted by Gasteiger charge is 2.29. The van der Waals surface area contributed by atoms with E-state index < -0.39 is 0 Å². The minimum atomic E-state index is -0.373. The minimum Gasteiger partial charge on any atom is -0.334 e. The number of benzene rings is 1. The molecule has 1 aliphatic heterocycles. The van der Waals surface area contributed by atoms with Crippen LogP contribution >= 0.6 is 0 Å². The molecule has 2 aromatic heterocycles. The number of nitrogens with zero attached hydrogens (tertiary/aromatic N) is 3. The second-order valence-corrected chi connectivity index (χ2v) is 6.55. The van der Waals surface area contributed by atoms with Crippen molar-refractivity contribution in [2.75, 3.05) is 6.54 Å². The van der Waals surface area contributed by atoms with Crippen LogP contribution in [-0.4, -0.2) is 31.7 Å². The molecule has 1 aliphatic rings. The number of likely N-dealkylation sites (tertiary alicyclic amines) is 1. The van der Waals surface area contributed by atoms with Crippen molar-refractivity contribution in [3.8, 4) is 0 Å². The SMILES string of the molecule is O=C(Cc1ccccc1F)N1CCCC[C@@H]1c1cc(=O)n2ccnc2[nH]1. The van der Waals surface area contributed by atoms with Gasteiger partial charge in [-0.25, -0.2) is 9.37 Å². The first-order chi connectivity index (χ1) is 12.6. The Morgan fingerprint density at radius 1 is 1.31 bits per heavy atom. The number of imidazole rings is 1. The summed E-state index contributed by atoms with van der Waals surface area (Å²) in [6.45, 7) is 0.597. The molecule has 134 valence electrons. The van der Waals surface area contributed by atoms with E-state index in [9.17, 15) is 14.0 Å². The fourth-order valence-electron chi connectivity index (χ4n) is 3.58. The molecule has 1 fully saturated rings. The number of carbonyl (C=O) groups excluding carboxylic acids is 1. The number of hydrogen-bond acceptors (Lipinski definition) is 3. The van der Waals surface area contributed by atoms with Gasteiger partial charge in [0.05, 0.1) is 12.5 Å².